The SMILES string of the molecule is CS(=O)C1(C(F)(F)F)Oc2ccccc2C=C1C(=O)O. The first-order chi connectivity index (χ1) is 9.20. The molecular formula is C12H9F3O4S. The Morgan fingerprint density at radius 3 is 2.45 bits per heavy atom. The number of carboxylic acids is 1. The highest BCUT2D eigenvalue weighted by molar-refractivity contribution is 7.86. The van der Waals surface area contributed by atoms with E-state index in [1.165, 1.54) is 24.3 Å². The third-order valence-corrected chi connectivity index (χ3v) is 4.18. The molecule has 1 aliphatic rings. The Hall–Kier alpha value is -1.83. The zero-order chi connectivity index (χ0) is 15.1. The highest BCUT2D eigenvalue weighted by Gasteiger charge is 2.66. The van der Waals surface area contributed by atoms with Gasteiger partial charge in [0.25, 0.3) is 0 Å². The lowest BCUT2D eigenvalue weighted by Gasteiger charge is -2.37. The van der Waals surface area contributed by atoms with Crippen LogP contribution in [0.25, 0.3) is 6.08 Å². The summed E-state index contributed by atoms with van der Waals surface area (Å²) in [4.78, 5) is 7.78. The number of hydrogen-bond donors (Lipinski definition) is 1. The average molecular weight is 306 g/mol. The van der Waals surface area contributed by atoms with Crippen LogP contribution in [0.1, 0.15) is 5.56 Å². The summed E-state index contributed by atoms with van der Waals surface area (Å²) < 4.78 is 56.5. The Kier molecular flexibility index (Phi) is 3.37. The Bertz CT molecular complexity index is 623. The van der Waals surface area contributed by atoms with E-state index in [1.807, 2.05) is 0 Å². The van der Waals surface area contributed by atoms with Crippen molar-refractivity contribution in [1.29, 1.82) is 0 Å². The van der Waals surface area contributed by atoms with Crippen molar-refractivity contribution in [2.45, 2.75) is 11.1 Å². The molecule has 2 rings (SSSR count). The average Bonchev–Trinajstić information content (AvgIpc) is 2.35. The fourth-order valence-electron chi connectivity index (χ4n) is 1.94. The molecule has 20 heavy (non-hydrogen) atoms. The Morgan fingerprint density at radius 1 is 1.35 bits per heavy atom. The maximum absolute atomic E-state index is 13.3. The van der Waals surface area contributed by atoms with Crippen LogP contribution < -0.4 is 4.74 Å². The molecule has 2 unspecified atom stereocenters. The van der Waals surface area contributed by atoms with Crippen molar-refractivity contribution < 1.29 is 32.0 Å². The van der Waals surface area contributed by atoms with Gasteiger partial charge in [0.05, 0.1) is 10.8 Å². The molecule has 8 heteroatoms. The summed E-state index contributed by atoms with van der Waals surface area (Å²) >= 11 is 0. The minimum absolute atomic E-state index is 0.162. The third kappa shape index (κ3) is 2.00. The second kappa shape index (κ2) is 4.62. The van der Waals surface area contributed by atoms with Gasteiger partial charge in [0, 0.05) is 11.8 Å². The van der Waals surface area contributed by atoms with Gasteiger partial charge in [0.1, 0.15) is 11.3 Å². The Labute approximate surface area is 114 Å². The predicted molar refractivity (Wildman–Crippen MR) is 65.5 cm³/mol. The van der Waals surface area contributed by atoms with Crippen molar-refractivity contribution in [3.05, 3.63) is 35.4 Å². The van der Waals surface area contributed by atoms with Gasteiger partial charge in [-0.05, 0) is 12.1 Å². The summed E-state index contributed by atoms with van der Waals surface area (Å²) in [6, 6.07) is 5.65. The van der Waals surface area contributed by atoms with Crippen LogP contribution in [-0.4, -0.2) is 32.6 Å². The van der Waals surface area contributed by atoms with Crippen molar-refractivity contribution in [3.63, 3.8) is 0 Å². The first kappa shape index (κ1) is 14.6. The molecule has 108 valence electrons. The lowest BCUT2D eigenvalue weighted by molar-refractivity contribution is -0.202. The summed E-state index contributed by atoms with van der Waals surface area (Å²) in [6.45, 7) is 0. The number of carbonyl (C=O) groups is 1. The molecule has 0 fully saturated rings. The molecule has 0 aromatic heterocycles. The topological polar surface area (TPSA) is 63.6 Å². The van der Waals surface area contributed by atoms with E-state index in [1.54, 1.807) is 0 Å². The van der Waals surface area contributed by atoms with Gasteiger partial charge in [-0.2, -0.15) is 13.2 Å². The van der Waals surface area contributed by atoms with Gasteiger partial charge < -0.3 is 9.84 Å². The second-order valence-electron chi connectivity index (χ2n) is 4.07. The van der Waals surface area contributed by atoms with Gasteiger partial charge in [-0.3, -0.25) is 4.21 Å². The van der Waals surface area contributed by atoms with Crippen LogP contribution in [-0.2, 0) is 15.6 Å². The normalized spacial score (nSPS) is 23.3. The number of ether oxygens (including phenoxy) is 1. The number of fused-ring (bicyclic) bond motifs is 1. The third-order valence-electron chi connectivity index (χ3n) is 2.84. The van der Waals surface area contributed by atoms with E-state index < -0.39 is 33.5 Å². The number of rotatable bonds is 2. The van der Waals surface area contributed by atoms with Crippen molar-refractivity contribution in [1.82, 2.24) is 0 Å². The fraction of sp³-hybridized carbons (Fsp3) is 0.250. The van der Waals surface area contributed by atoms with Crippen molar-refractivity contribution >= 4 is 22.8 Å². The lowest BCUT2D eigenvalue weighted by Crippen LogP contribution is -2.57. The Morgan fingerprint density at radius 2 is 1.95 bits per heavy atom. The maximum Gasteiger partial charge on any atom is 0.445 e. The Balaban J connectivity index is 2.77. The molecule has 0 saturated carbocycles. The molecule has 1 aromatic carbocycles. The number of hydrogen-bond acceptors (Lipinski definition) is 3. The number of aliphatic carboxylic acids is 1. The van der Waals surface area contributed by atoms with Crippen molar-refractivity contribution in [2.24, 2.45) is 0 Å². The van der Waals surface area contributed by atoms with E-state index >= 15 is 0 Å². The van der Waals surface area contributed by atoms with Crippen LogP contribution in [0.4, 0.5) is 13.2 Å². The molecule has 0 spiro atoms. The van der Waals surface area contributed by atoms with Crippen LogP contribution in [0.15, 0.2) is 29.8 Å². The van der Waals surface area contributed by atoms with E-state index in [0.717, 1.165) is 12.3 Å². The van der Waals surface area contributed by atoms with Gasteiger partial charge in [0.2, 0.25) is 0 Å². The molecule has 0 bridgehead atoms. The minimum Gasteiger partial charge on any atom is -0.478 e. The van der Waals surface area contributed by atoms with Crippen LogP contribution in [0.5, 0.6) is 5.75 Å². The number of benzene rings is 1. The number of para-hydroxylation sites is 1. The van der Waals surface area contributed by atoms with Gasteiger partial charge in [-0.15, -0.1) is 0 Å². The standard InChI is InChI=1S/C12H9F3O4S/c1-20(18)11(12(13,14)15)8(10(16)17)6-7-4-2-3-5-9(7)19-11/h2-6H,1H3,(H,16,17). The summed E-state index contributed by atoms with van der Waals surface area (Å²) in [5, 5.41) is 9.03. The maximum atomic E-state index is 13.3. The smallest absolute Gasteiger partial charge is 0.445 e. The number of alkyl halides is 3. The molecule has 0 radical (unpaired) electrons. The molecule has 1 heterocycles. The van der Waals surface area contributed by atoms with Gasteiger partial charge in [-0.1, -0.05) is 18.2 Å². The summed E-state index contributed by atoms with van der Waals surface area (Å²) in [5.41, 5.74) is -0.903. The van der Waals surface area contributed by atoms with Crippen molar-refractivity contribution in [3.8, 4) is 5.75 Å². The largest absolute Gasteiger partial charge is 0.478 e. The number of halogens is 3. The molecule has 0 saturated heterocycles. The van der Waals surface area contributed by atoms with Crippen molar-refractivity contribution in [2.75, 3.05) is 6.26 Å². The molecule has 1 aromatic rings. The summed E-state index contributed by atoms with van der Waals surface area (Å²) in [7, 11) is -2.63. The van der Waals surface area contributed by atoms with Crippen LogP contribution in [0.3, 0.4) is 0 Å². The van der Waals surface area contributed by atoms with E-state index in [4.69, 9.17) is 9.84 Å². The van der Waals surface area contributed by atoms with Crippen LogP contribution in [0.2, 0.25) is 0 Å². The van der Waals surface area contributed by atoms with E-state index in [2.05, 4.69) is 0 Å². The highest BCUT2D eigenvalue weighted by Crippen LogP contribution is 2.46. The van der Waals surface area contributed by atoms with Crippen LogP contribution >= 0.6 is 0 Å². The second-order valence-corrected chi connectivity index (χ2v) is 5.55. The zero-order valence-electron chi connectivity index (χ0n) is 10.1. The van der Waals surface area contributed by atoms with E-state index in [9.17, 15) is 22.2 Å². The molecule has 1 N–H and O–H groups in total. The molecule has 0 amide bonds. The summed E-state index contributed by atoms with van der Waals surface area (Å²) in [5.74, 6) is -1.99. The molecular weight excluding hydrogens is 297 g/mol. The first-order valence-electron chi connectivity index (χ1n) is 5.34. The van der Waals surface area contributed by atoms with E-state index in [-0.39, 0.29) is 11.3 Å². The fourth-order valence-corrected chi connectivity index (χ4v) is 2.93. The van der Waals surface area contributed by atoms with Gasteiger partial charge in [0.15, 0.2) is 0 Å². The number of carboxylic acid groups (broad SMARTS) is 1. The van der Waals surface area contributed by atoms with Gasteiger partial charge in [-0.25, -0.2) is 4.79 Å². The first-order valence-corrected chi connectivity index (χ1v) is 6.89. The monoisotopic (exact) mass is 306 g/mol. The molecule has 0 aliphatic carbocycles. The molecule has 1 aliphatic heterocycles. The molecule has 2 atom stereocenters. The highest BCUT2D eigenvalue weighted by atomic mass is 32.2. The van der Waals surface area contributed by atoms with Gasteiger partial charge >= 0.3 is 17.1 Å². The van der Waals surface area contributed by atoms with E-state index in [0.29, 0.717) is 0 Å². The summed E-state index contributed by atoms with van der Waals surface area (Å²) in [6.07, 6.45) is -3.53. The predicted octanol–water partition coefficient (Wildman–Crippen LogP) is 2.18. The minimum atomic E-state index is -5.13. The lowest BCUT2D eigenvalue weighted by atomic mass is 10.0. The molecule has 4 nitrogen and oxygen atoms in total. The quantitative estimate of drug-likeness (QED) is 0.909. The zero-order valence-corrected chi connectivity index (χ0v) is 10.9. The van der Waals surface area contributed by atoms with Crippen LogP contribution in [0, 0.1) is 0 Å².